The molecule has 1 amide bonds. The van der Waals surface area contributed by atoms with Gasteiger partial charge in [-0.2, -0.15) is 0 Å². The van der Waals surface area contributed by atoms with E-state index in [0.717, 1.165) is 5.56 Å². The molecule has 6 heteroatoms. The first-order valence-corrected chi connectivity index (χ1v) is 7.93. The van der Waals surface area contributed by atoms with Crippen LogP contribution in [0.5, 0.6) is 0 Å². The second-order valence-electron chi connectivity index (χ2n) is 4.85. The summed E-state index contributed by atoms with van der Waals surface area (Å²) in [6.45, 7) is 3.68. The number of aliphatic hydroxyl groups excluding tert-OH is 1. The van der Waals surface area contributed by atoms with Gasteiger partial charge < -0.3 is 10.4 Å². The quantitative estimate of drug-likeness (QED) is 0.799. The molecule has 112 valence electrons. The van der Waals surface area contributed by atoms with Gasteiger partial charge in [-0.25, -0.2) is 4.39 Å². The summed E-state index contributed by atoms with van der Waals surface area (Å²) in [6.07, 6.45) is 0. The molecule has 0 saturated carbocycles. The molecule has 0 unspecified atom stereocenters. The highest BCUT2D eigenvalue weighted by Crippen LogP contribution is 2.21. The maximum atomic E-state index is 12.9. The number of amides is 1. The van der Waals surface area contributed by atoms with E-state index in [4.69, 9.17) is 5.11 Å². The number of nitrogens with one attached hydrogen (secondary N) is 1. The smallest absolute Gasteiger partial charge is 0.233 e. The molecule has 4 nitrogen and oxygen atoms in total. The average molecular weight is 301 g/mol. The lowest BCUT2D eigenvalue weighted by Crippen LogP contribution is -2.35. The minimum atomic E-state index is -1.36. The van der Waals surface area contributed by atoms with Gasteiger partial charge in [0.25, 0.3) is 0 Å². The van der Waals surface area contributed by atoms with Gasteiger partial charge in [-0.1, -0.05) is 26.0 Å². The molecule has 0 aliphatic rings. The van der Waals surface area contributed by atoms with Gasteiger partial charge in [0, 0.05) is 16.6 Å². The first-order chi connectivity index (χ1) is 9.43. The number of hydrogen-bond donors (Lipinski definition) is 2. The molecule has 0 saturated heterocycles. The van der Waals surface area contributed by atoms with E-state index in [1.54, 1.807) is 12.1 Å². The van der Waals surface area contributed by atoms with Gasteiger partial charge in [-0.05, 0) is 23.6 Å². The van der Waals surface area contributed by atoms with Crippen LogP contribution in [0.1, 0.15) is 25.5 Å². The van der Waals surface area contributed by atoms with Gasteiger partial charge in [0.15, 0.2) is 0 Å². The number of halogens is 1. The van der Waals surface area contributed by atoms with Crippen LogP contribution in [-0.4, -0.2) is 33.3 Å². The summed E-state index contributed by atoms with van der Waals surface area (Å²) in [6, 6.07) is 5.70. The Morgan fingerprint density at radius 3 is 2.45 bits per heavy atom. The fourth-order valence-corrected chi connectivity index (χ4v) is 2.56. The van der Waals surface area contributed by atoms with Crippen LogP contribution >= 0.6 is 0 Å². The summed E-state index contributed by atoms with van der Waals surface area (Å²) >= 11 is 0. The topological polar surface area (TPSA) is 66.4 Å². The lowest BCUT2D eigenvalue weighted by molar-refractivity contribution is -0.119. The molecule has 0 heterocycles. The molecule has 0 radical (unpaired) electrons. The third-order valence-electron chi connectivity index (χ3n) is 2.82. The predicted molar refractivity (Wildman–Crippen MR) is 77.1 cm³/mol. The summed E-state index contributed by atoms with van der Waals surface area (Å²) in [5.41, 5.74) is 0.808. The summed E-state index contributed by atoms with van der Waals surface area (Å²) < 4.78 is 24.3. The number of hydrogen-bond acceptors (Lipinski definition) is 3. The zero-order valence-electron chi connectivity index (χ0n) is 11.6. The van der Waals surface area contributed by atoms with Gasteiger partial charge in [0.2, 0.25) is 5.91 Å². The van der Waals surface area contributed by atoms with Crippen molar-refractivity contribution in [1.82, 2.24) is 5.32 Å². The van der Waals surface area contributed by atoms with Gasteiger partial charge in [-0.3, -0.25) is 9.00 Å². The summed E-state index contributed by atoms with van der Waals surface area (Å²) in [7, 11) is -1.36. The minimum absolute atomic E-state index is 0.0936. The third-order valence-corrected chi connectivity index (χ3v) is 4.05. The minimum Gasteiger partial charge on any atom is -0.395 e. The van der Waals surface area contributed by atoms with Crippen LogP contribution in [0.25, 0.3) is 0 Å². The Balaban J connectivity index is 2.70. The Hall–Kier alpha value is -1.27. The molecular weight excluding hydrogens is 281 g/mol. The second kappa shape index (κ2) is 8.11. The van der Waals surface area contributed by atoms with Crippen molar-refractivity contribution in [3.63, 3.8) is 0 Å². The molecule has 2 atom stereocenters. The molecule has 1 aromatic rings. The maximum Gasteiger partial charge on any atom is 0.233 e. The van der Waals surface area contributed by atoms with Crippen LogP contribution in [0.2, 0.25) is 0 Å². The zero-order chi connectivity index (χ0) is 15.1. The molecule has 0 aromatic heterocycles. The van der Waals surface area contributed by atoms with Crippen molar-refractivity contribution in [3.8, 4) is 0 Å². The number of benzene rings is 1. The molecule has 1 rings (SSSR count). The van der Waals surface area contributed by atoms with Gasteiger partial charge >= 0.3 is 0 Å². The molecule has 0 bridgehead atoms. The molecule has 20 heavy (non-hydrogen) atoms. The van der Waals surface area contributed by atoms with Crippen molar-refractivity contribution in [2.24, 2.45) is 5.92 Å². The first-order valence-electron chi connectivity index (χ1n) is 6.44. The normalized spacial score (nSPS) is 14.1. The molecule has 0 aliphatic heterocycles. The van der Waals surface area contributed by atoms with E-state index in [2.05, 4.69) is 5.32 Å². The van der Waals surface area contributed by atoms with Crippen molar-refractivity contribution in [2.45, 2.75) is 19.9 Å². The Labute approximate surface area is 120 Å². The largest absolute Gasteiger partial charge is 0.395 e. The highest BCUT2D eigenvalue weighted by Gasteiger charge is 2.19. The molecule has 0 aliphatic carbocycles. The Morgan fingerprint density at radius 2 is 1.95 bits per heavy atom. The van der Waals surface area contributed by atoms with E-state index in [0.29, 0.717) is 0 Å². The van der Waals surface area contributed by atoms with E-state index < -0.39 is 10.8 Å². The van der Waals surface area contributed by atoms with Crippen molar-refractivity contribution >= 4 is 16.7 Å². The monoisotopic (exact) mass is 301 g/mol. The van der Waals surface area contributed by atoms with Crippen LogP contribution in [0, 0.1) is 11.7 Å². The lowest BCUT2D eigenvalue weighted by atomic mass is 9.96. The Kier molecular flexibility index (Phi) is 6.81. The van der Waals surface area contributed by atoms with Crippen molar-refractivity contribution in [2.75, 3.05) is 18.1 Å². The van der Waals surface area contributed by atoms with Crippen LogP contribution in [-0.2, 0) is 15.6 Å². The number of carbonyl (C=O) groups excluding carboxylic acids is 1. The number of aliphatic hydroxyl groups is 1. The molecule has 0 fully saturated rings. The first kappa shape index (κ1) is 16.8. The number of carbonyl (C=O) groups is 1. The van der Waals surface area contributed by atoms with E-state index in [1.807, 2.05) is 13.8 Å². The SMILES string of the molecule is CC(C)[C@@H](NC(=O)C[S@@](=O)CCO)c1ccc(F)cc1. The summed E-state index contributed by atoms with van der Waals surface area (Å²) in [5, 5.41) is 11.5. The van der Waals surface area contributed by atoms with E-state index in [-0.39, 0.29) is 41.8 Å². The highest BCUT2D eigenvalue weighted by atomic mass is 32.2. The lowest BCUT2D eigenvalue weighted by Gasteiger charge is -2.23. The molecule has 1 aromatic carbocycles. The van der Waals surface area contributed by atoms with Gasteiger partial charge in [-0.15, -0.1) is 0 Å². The predicted octanol–water partition coefficient (Wildman–Crippen LogP) is 1.38. The van der Waals surface area contributed by atoms with Crippen LogP contribution in [0.3, 0.4) is 0 Å². The fourth-order valence-electron chi connectivity index (χ4n) is 1.84. The van der Waals surface area contributed by atoms with E-state index in [9.17, 15) is 13.4 Å². The standard InChI is InChI=1S/C14H20FNO3S/c1-10(2)14(11-3-5-12(15)6-4-11)16-13(18)9-20(19)8-7-17/h3-6,10,14,17H,7-9H2,1-2H3,(H,16,18)/t14-,20+/m1/s1. The van der Waals surface area contributed by atoms with Gasteiger partial charge in [0.1, 0.15) is 11.6 Å². The highest BCUT2D eigenvalue weighted by molar-refractivity contribution is 7.85. The molecule has 2 N–H and O–H groups in total. The van der Waals surface area contributed by atoms with Crippen molar-refractivity contribution in [3.05, 3.63) is 35.6 Å². The van der Waals surface area contributed by atoms with Crippen LogP contribution < -0.4 is 5.32 Å². The second-order valence-corrected chi connectivity index (χ2v) is 6.43. The van der Waals surface area contributed by atoms with Crippen LogP contribution in [0.4, 0.5) is 4.39 Å². The number of rotatable bonds is 7. The molecular formula is C14H20FNO3S. The third kappa shape index (κ3) is 5.38. The Bertz CT molecular complexity index is 462. The van der Waals surface area contributed by atoms with Crippen molar-refractivity contribution < 1.29 is 18.5 Å². The summed E-state index contributed by atoms with van der Waals surface area (Å²) in [5.74, 6) is -0.580. The average Bonchev–Trinajstić information content (AvgIpc) is 2.37. The van der Waals surface area contributed by atoms with E-state index >= 15 is 0 Å². The van der Waals surface area contributed by atoms with Crippen molar-refractivity contribution in [1.29, 1.82) is 0 Å². The van der Waals surface area contributed by atoms with E-state index in [1.165, 1.54) is 12.1 Å². The fraction of sp³-hybridized carbons (Fsp3) is 0.500. The summed E-state index contributed by atoms with van der Waals surface area (Å²) in [4.78, 5) is 11.8. The zero-order valence-corrected chi connectivity index (χ0v) is 12.5. The van der Waals surface area contributed by atoms with Gasteiger partial charge in [0.05, 0.1) is 12.6 Å². The molecule has 0 spiro atoms. The maximum absolute atomic E-state index is 12.9. The van der Waals surface area contributed by atoms with Crippen LogP contribution in [0.15, 0.2) is 24.3 Å². The Morgan fingerprint density at radius 1 is 1.35 bits per heavy atom.